The second-order valence-electron chi connectivity index (χ2n) is 3.27. The van der Waals surface area contributed by atoms with E-state index in [1.807, 2.05) is 12.1 Å². The summed E-state index contributed by atoms with van der Waals surface area (Å²) in [4.78, 5) is 0. The van der Waals surface area contributed by atoms with Gasteiger partial charge in [-0.2, -0.15) is 5.10 Å². The van der Waals surface area contributed by atoms with Crippen molar-refractivity contribution >= 4 is 38.2 Å². The third kappa shape index (κ3) is 2.12. The van der Waals surface area contributed by atoms with Gasteiger partial charge in [0, 0.05) is 16.4 Å². The number of aromatic nitrogens is 2. The average Bonchev–Trinajstić information content (AvgIpc) is 2.60. The molecule has 5 heteroatoms. The molecule has 2 rings (SSSR count). The molecule has 0 saturated carbocycles. The van der Waals surface area contributed by atoms with Crippen LogP contribution < -0.4 is 11.1 Å². The third-order valence-corrected chi connectivity index (χ3v) is 2.36. The molecular formula is C10H11BrN4. The number of halogens is 1. The Bertz CT molecular complexity index is 503. The molecule has 1 heterocycles. The van der Waals surface area contributed by atoms with Crippen molar-refractivity contribution in [2.45, 2.75) is 0 Å². The van der Waals surface area contributed by atoms with E-state index >= 15 is 0 Å². The number of benzene rings is 1. The fourth-order valence-electron chi connectivity index (χ4n) is 1.35. The molecule has 1 aromatic carbocycles. The summed E-state index contributed by atoms with van der Waals surface area (Å²) in [5, 5.41) is 11.0. The van der Waals surface area contributed by atoms with E-state index in [1.54, 1.807) is 6.20 Å². The lowest BCUT2D eigenvalue weighted by atomic mass is 10.2. The number of anilines is 2. The zero-order chi connectivity index (χ0) is 10.8. The molecule has 4 N–H and O–H groups in total. The molecule has 0 aliphatic heterocycles. The number of hydrogen-bond donors (Lipinski definition) is 3. The number of nitrogen functional groups attached to an aromatic ring is 1. The van der Waals surface area contributed by atoms with Crippen molar-refractivity contribution in [3.63, 3.8) is 0 Å². The first-order chi connectivity index (χ1) is 7.16. The van der Waals surface area contributed by atoms with Crippen molar-refractivity contribution in [1.29, 1.82) is 0 Å². The van der Waals surface area contributed by atoms with E-state index in [4.69, 9.17) is 5.73 Å². The highest BCUT2D eigenvalue weighted by molar-refractivity contribution is 9.11. The second kappa shape index (κ2) is 3.94. The summed E-state index contributed by atoms with van der Waals surface area (Å²) in [6, 6.07) is 3.83. The maximum atomic E-state index is 5.88. The molecule has 2 aromatic rings. The Labute approximate surface area is 95.7 Å². The molecule has 4 nitrogen and oxygen atoms in total. The Hall–Kier alpha value is -1.49. The molecule has 0 amide bonds. The number of hydrogen-bond acceptors (Lipinski definition) is 3. The maximum absolute atomic E-state index is 5.88. The van der Waals surface area contributed by atoms with Crippen LogP contribution in [0.3, 0.4) is 0 Å². The minimum absolute atomic E-state index is 0.643. The topological polar surface area (TPSA) is 66.7 Å². The van der Waals surface area contributed by atoms with Crippen LogP contribution in [0.25, 0.3) is 10.9 Å². The molecule has 0 unspecified atom stereocenters. The quantitative estimate of drug-likeness (QED) is 0.748. The lowest BCUT2D eigenvalue weighted by Crippen LogP contribution is -2.03. The van der Waals surface area contributed by atoms with E-state index in [-0.39, 0.29) is 0 Å². The SMILES string of the molecule is C=C(Br)CNc1cc2[nH]ncc2cc1N. The smallest absolute Gasteiger partial charge is 0.0672 e. The molecule has 1 aromatic heterocycles. The Morgan fingerprint density at radius 3 is 3.13 bits per heavy atom. The van der Waals surface area contributed by atoms with Crippen LogP contribution >= 0.6 is 15.9 Å². The number of nitrogens with zero attached hydrogens (tertiary/aromatic N) is 1. The predicted octanol–water partition coefficient (Wildman–Crippen LogP) is 2.47. The van der Waals surface area contributed by atoms with Crippen LogP contribution in [-0.4, -0.2) is 16.7 Å². The molecule has 78 valence electrons. The largest absolute Gasteiger partial charge is 0.397 e. The van der Waals surface area contributed by atoms with Crippen molar-refractivity contribution in [3.8, 4) is 0 Å². The number of H-pyrrole nitrogens is 1. The Kier molecular flexibility index (Phi) is 2.64. The summed E-state index contributed by atoms with van der Waals surface area (Å²) in [7, 11) is 0. The molecule has 0 saturated heterocycles. The Balaban J connectivity index is 2.33. The van der Waals surface area contributed by atoms with E-state index in [0.717, 1.165) is 21.1 Å². The van der Waals surface area contributed by atoms with E-state index in [9.17, 15) is 0 Å². The van der Waals surface area contributed by atoms with E-state index in [1.165, 1.54) is 0 Å². The molecule has 0 fully saturated rings. The zero-order valence-corrected chi connectivity index (χ0v) is 9.63. The number of nitrogens with two attached hydrogens (primary N) is 1. The van der Waals surface area contributed by atoms with Gasteiger partial charge in [-0.3, -0.25) is 5.10 Å². The zero-order valence-electron chi connectivity index (χ0n) is 8.05. The van der Waals surface area contributed by atoms with Crippen LogP contribution in [-0.2, 0) is 0 Å². The molecule has 0 aliphatic rings. The van der Waals surface area contributed by atoms with Gasteiger partial charge in [-0.15, -0.1) is 0 Å². The summed E-state index contributed by atoms with van der Waals surface area (Å²) in [6.45, 7) is 4.39. The van der Waals surface area contributed by atoms with Gasteiger partial charge >= 0.3 is 0 Å². The number of fused-ring (bicyclic) bond motifs is 1. The molecule has 0 bridgehead atoms. The van der Waals surface area contributed by atoms with Crippen molar-refractivity contribution in [1.82, 2.24) is 10.2 Å². The van der Waals surface area contributed by atoms with Gasteiger partial charge in [-0.05, 0) is 12.1 Å². The minimum atomic E-state index is 0.643. The van der Waals surface area contributed by atoms with E-state index in [0.29, 0.717) is 12.2 Å². The maximum Gasteiger partial charge on any atom is 0.0672 e. The lowest BCUT2D eigenvalue weighted by Gasteiger charge is -2.08. The normalized spacial score (nSPS) is 10.5. The van der Waals surface area contributed by atoms with Crippen LogP contribution in [0.4, 0.5) is 11.4 Å². The van der Waals surface area contributed by atoms with Gasteiger partial charge in [-0.25, -0.2) is 0 Å². The summed E-state index contributed by atoms with van der Waals surface area (Å²) < 4.78 is 0.881. The average molecular weight is 267 g/mol. The van der Waals surface area contributed by atoms with Gasteiger partial charge in [0.25, 0.3) is 0 Å². The fourth-order valence-corrected chi connectivity index (χ4v) is 1.49. The standard InChI is InChI=1S/C10H11BrN4/c1-6(11)4-13-10-3-9-7(2-8(10)12)5-14-15-9/h2-3,5,13H,1,4,12H2,(H,14,15). The number of rotatable bonds is 3. The van der Waals surface area contributed by atoms with Crippen LogP contribution in [0.5, 0.6) is 0 Å². The highest BCUT2D eigenvalue weighted by Gasteiger charge is 2.03. The first-order valence-corrected chi connectivity index (χ1v) is 5.26. The van der Waals surface area contributed by atoms with Crippen molar-refractivity contribution in [2.75, 3.05) is 17.6 Å². The molecular weight excluding hydrogens is 256 g/mol. The summed E-state index contributed by atoms with van der Waals surface area (Å²) in [6.07, 6.45) is 1.75. The molecule has 15 heavy (non-hydrogen) atoms. The van der Waals surface area contributed by atoms with Crippen LogP contribution in [0, 0.1) is 0 Å². The monoisotopic (exact) mass is 266 g/mol. The summed E-state index contributed by atoms with van der Waals surface area (Å²) >= 11 is 3.28. The lowest BCUT2D eigenvalue weighted by molar-refractivity contribution is 1.12. The third-order valence-electron chi connectivity index (χ3n) is 2.08. The van der Waals surface area contributed by atoms with Gasteiger partial charge in [0.1, 0.15) is 0 Å². The minimum Gasteiger partial charge on any atom is -0.397 e. The van der Waals surface area contributed by atoms with E-state index < -0.39 is 0 Å². The van der Waals surface area contributed by atoms with Crippen molar-refractivity contribution in [2.24, 2.45) is 0 Å². The van der Waals surface area contributed by atoms with Crippen molar-refractivity contribution in [3.05, 3.63) is 29.4 Å². The molecule has 0 spiro atoms. The Morgan fingerprint density at radius 2 is 2.40 bits per heavy atom. The summed E-state index contributed by atoms with van der Waals surface area (Å²) in [5.74, 6) is 0. The first-order valence-electron chi connectivity index (χ1n) is 4.46. The number of nitrogens with one attached hydrogen (secondary N) is 2. The van der Waals surface area contributed by atoms with Crippen LogP contribution in [0.2, 0.25) is 0 Å². The van der Waals surface area contributed by atoms with Crippen molar-refractivity contribution < 1.29 is 0 Å². The number of aromatic amines is 1. The van der Waals surface area contributed by atoms with Gasteiger partial charge < -0.3 is 11.1 Å². The van der Waals surface area contributed by atoms with E-state index in [2.05, 4.69) is 38.0 Å². The summed E-state index contributed by atoms with van der Waals surface area (Å²) in [5.41, 5.74) is 8.44. The Morgan fingerprint density at radius 1 is 1.60 bits per heavy atom. The first kappa shape index (κ1) is 10.0. The predicted molar refractivity (Wildman–Crippen MR) is 67.1 cm³/mol. The van der Waals surface area contributed by atoms with Gasteiger partial charge in [0.15, 0.2) is 0 Å². The molecule has 0 atom stereocenters. The highest BCUT2D eigenvalue weighted by atomic mass is 79.9. The molecule has 0 radical (unpaired) electrons. The fraction of sp³-hybridized carbons (Fsp3) is 0.100. The second-order valence-corrected chi connectivity index (χ2v) is 4.39. The van der Waals surface area contributed by atoms with Gasteiger partial charge in [0.2, 0.25) is 0 Å². The van der Waals surface area contributed by atoms with Gasteiger partial charge in [-0.1, -0.05) is 22.5 Å². The highest BCUT2D eigenvalue weighted by Crippen LogP contribution is 2.24. The van der Waals surface area contributed by atoms with Crippen LogP contribution in [0.1, 0.15) is 0 Å². The van der Waals surface area contributed by atoms with Crippen LogP contribution in [0.15, 0.2) is 29.4 Å². The van der Waals surface area contributed by atoms with Gasteiger partial charge in [0.05, 0.1) is 23.1 Å². The molecule has 0 aliphatic carbocycles.